The Bertz CT molecular complexity index is 1960. The van der Waals surface area contributed by atoms with Gasteiger partial charge in [0.25, 0.3) is 0 Å². The van der Waals surface area contributed by atoms with Crippen LogP contribution in [0, 0.1) is 0 Å². The highest BCUT2D eigenvalue weighted by molar-refractivity contribution is 5.91. The van der Waals surface area contributed by atoms with Crippen molar-refractivity contribution in [1.82, 2.24) is 0 Å². The van der Waals surface area contributed by atoms with Crippen LogP contribution in [-0.4, -0.2) is 101 Å². The van der Waals surface area contributed by atoms with Gasteiger partial charge >= 0.3 is 48.5 Å². The minimum atomic E-state index is -1.90. The van der Waals surface area contributed by atoms with E-state index in [1.807, 2.05) is 0 Å². The number of rotatable bonds is 12. The van der Waals surface area contributed by atoms with Gasteiger partial charge in [-0.1, -0.05) is 18.7 Å². The molecule has 1 saturated heterocycles. The lowest BCUT2D eigenvalue weighted by Gasteiger charge is -2.36. The molecule has 4 atom stereocenters. The SMILES string of the molecule is C=CC(=O)O[C@@]12C[C@@H](OC(=O)/C=C/c3ccc(OC(=O)OC)c(OC(=O)OC)c3)[C@@H](OC(=O)/C=C/c3ccc(OC(=O)OC)c(OC(=O)OC)c3)[C@@H](C1)OC2=O. The molecule has 2 fully saturated rings. The molecule has 4 rings (SSSR count). The van der Waals surface area contributed by atoms with E-state index in [-0.39, 0.29) is 40.5 Å². The van der Waals surface area contributed by atoms with Gasteiger partial charge in [-0.25, -0.2) is 38.4 Å². The van der Waals surface area contributed by atoms with E-state index in [0.717, 1.165) is 46.7 Å². The second kappa shape index (κ2) is 18.6. The molecule has 2 bridgehead atoms. The van der Waals surface area contributed by atoms with E-state index >= 15 is 0 Å². The average molecular weight is 785 g/mol. The second-order valence-corrected chi connectivity index (χ2v) is 11.2. The zero-order valence-electron chi connectivity index (χ0n) is 29.9. The van der Waals surface area contributed by atoms with Gasteiger partial charge in [-0.3, -0.25) is 0 Å². The van der Waals surface area contributed by atoms with Gasteiger partial charge in [-0.2, -0.15) is 0 Å². The Morgan fingerprint density at radius 3 is 1.54 bits per heavy atom. The zero-order chi connectivity index (χ0) is 41.0. The number of esters is 4. The van der Waals surface area contributed by atoms with Crippen molar-refractivity contribution in [3.05, 3.63) is 72.3 Å². The van der Waals surface area contributed by atoms with Crippen molar-refractivity contribution in [3.63, 3.8) is 0 Å². The fraction of sp³-hybridized carbons (Fsp3) is 0.278. The van der Waals surface area contributed by atoms with Crippen molar-refractivity contribution >= 4 is 60.7 Å². The third-order valence-electron chi connectivity index (χ3n) is 7.61. The molecule has 20 nitrogen and oxygen atoms in total. The molecule has 1 heterocycles. The molecule has 1 aliphatic heterocycles. The first kappa shape index (κ1) is 41.4. The monoisotopic (exact) mass is 784 g/mol. The zero-order valence-corrected chi connectivity index (χ0v) is 29.9. The second-order valence-electron chi connectivity index (χ2n) is 11.2. The van der Waals surface area contributed by atoms with E-state index in [1.54, 1.807) is 0 Å². The summed E-state index contributed by atoms with van der Waals surface area (Å²) in [5.41, 5.74) is -1.43. The van der Waals surface area contributed by atoms with Crippen molar-refractivity contribution in [2.24, 2.45) is 0 Å². The molecule has 1 saturated carbocycles. The van der Waals surface area contributed by atoms with Crippen molar-refractivity contribution in [3.8, 4) is 23.0 Å². The van der Waals surface area contributed by atoms with Crippen molar-refractivity contribution in [1.29, 1.82) is 0 Å². The molecule has 0 N–H and O–H groups in total. The Morgan fingerprint density at radius 1 is 0.643 bits per heavy atom. The molecule has 2 aromatic carbocycles. The molecular weight excluding hydrogens is 752 g/mol. The Labute approximate surface area is 316 Å². The summed E-state index contributed by atoms with van der Waals surface area (Å²) in [6.45, 7) is 3.32. The number of benzene rings is 2. The molecule has 0 radical (unpaired) electrons. The lowest BCUT2D eigenvalue weighted by atomic mass is 9.81. The van der Waals surface area contributed by atoms with Crippen LogP contribution in [0.5, 0.6) is 23.0 Å². The number of carbonyl (C=O) groups is 8. The van der Waals surface area contributed by atoms with E-state index in [9.17, 15) is 38.4 Å². The maximum atomic E-state index is 13.1. The minimum Gasteiger partial charge on any atom is -0.455 e. The minimum absolute atomic E-state index is 0.217. The maximum Gasteiger partial charge on any atom is 0.513 e. The van der Waals surface area contributed by atoms with E-state index in [1.165, 1.54) is 48.6 Å². The summed E-state index contributed by atoms with van der Waals surface area (Å²) >= 11 is 0. The van der Waals surface area contributed by atoms with Crippen molar-refractivity contribution in [2.45, 2.75) is 36.8 Å². The lowest BCUT2D eigenvalue weighted by Crippen LogP contribution is -2.53. The highest BCUT2D eigenvalue weighted by Crippen LogP contribution is 2.43. The van der Waals surface area contributed by atoms with Gasteiger partial charge in [0.2, 0.25) is 5.60 Å². The number of carbonyl (C=O) groups excluding carboxylic acids is 8. The van der Waals surface area contributed by atoms with E-state index < -0.39 is 78.8 Å². The fourth-order valence-corrected chi connectivity index (χ4v) is 5.15. The van der Waals surface area contributed by atoms with Crippen LogP contribution in [0.4, 0.5) is 19.2 Å². The summed E-state index contributed by atoms with van der Waals surface area (Å²) in [4.78, 5) is 98.2. The molecule has 2 aliphatic rings. The molecule has 0 amide bonds. The van der Waals surface area contributed by atoms with Crippen molar-refractivity contribution < 1.29 is 95.2 Å². The lowest BCUT2D eigenvalue weighted by molar-refractivity contribution is -0.183. The number of fused-ring (bicyclic) bond motifs is 2. The first-order valence-corrected chi connectivity index (χ1v) is 15.9. The highest BCUT2D eigenvalue weighted by atomic mass is 16.8. The van der Waals surface area contributed by atoms with E-state index in [4.69, 9.17) is 37.9 Å². The van der Waals surface area contributed by atoms with E-state index in [2.05, 4.69) is 25.5 Å². The van der Waals surface area contributed by atoms with Gasteiger partial charge in [0.1, 0.15) is 12.2 Å². The molecule has 0 unspecified atom stereocenters. The summed E-state index contributed by atoms with van der Waals surface area (Å²) in [6, 6.07) is 7.68. The number of hydrogen-bond acceptors (Lipinski definition) is 20. The van der Waals surface area contributed by atoms with Crippen LogP contribution in [0.25, 0.3) is 12.2 Å². The molecule has 2 aromatic rings. The van der Waals surface area contributed by atoms with Crippen LogP contribution >= 0.6 is 0 Å². The van der Waals surface area contributed by atoms with Gasteiger partial charge in [0.05, 0.1) is 28.4 Å². The van der Waals surface area contributed by atoms with E-state index in [0.29, 0.717) is 0 Å². The first-order chi connectivity index (χ1) is 26.7. The smallest absolute Gasteiger partial charge is 0.455 e. The largest absolute Gasteiger partial charge is 0.513 e. The molecule has 56 heavy (non-hydrogen) atoms. The normalized spacial score (nSPS) is 19.4. The molecular formula is C36H32O20. The van der Waals surface area contributed by atoms with Crippen LogP contribution in [0.15, 0.2) is 61.2 Å². The summed E-state index contributed by atoms with van der Waals surface area (Å²) in [5, 5.41) is 0. The molecule has 1 aliphatic carbocycles. The first-order valence-electron chi connectivity index (χ1n) is 15.9. The van der Waals surface area contributed by atoms with Crippen LogP contribution in [0.2, 0.25) is 0 Å². The third kappa shape index (κ3) is 10.6. The Balaban J connectivity index is 1.56. The molecule has 0 spiro atoms. The quantitative estimate of drug-likeness (QED) is 0.128. The van der Waals surface area contributed by atoms with Crippen LogP contribution in [0.1, 0.15) is 24.0 Å². The summed E-state index contributed by atoms with van der Waals surface area (Å²) in [7, 11) is 4.22. The average Bonchev–Trinajstić information content (AvgIpc) is 3.45. The topological polar surface area (TPSA) is 247 Å². The fourth-order valence-electron chi connectivity index (χ4n) is 5.15. The van der Waals surface area contributed by atoms with Gasteiger partial charge in [0, 0.05) is 31.1 Å². The van der Waals surface area contributed by atoms with Gasteiger partial charge < -0.3 is 56.8 Å². The van der Waals surface area contributed by atoms with Crippen LogP contribution in [-0.2, 0) is 57.1 Å². The number of ether oxygens (including phenoxy) is 12. The Hall–Kier alpha value is -7.38. The standard InChI is InChI=1S/C36H32O20/c1-6-27(37)56-36-17-25(49-28(38)13-9-19-7-11-21(51-32(41)45-2)23(15-19)53-34(43)47-4)30(26(18-36)50-31(36)40)55-29(39)14-10-20-8-12-22(52-33(42)46-3)24(16-20)54-35(44)48-5/h6-16,25-26,30H,1,17-18H2,2-5H3/b13-9+,14-10+/t25-,26-,30-,36+/m1/s1. The van der Waals surface area contributed by atoms with Gasteiger partial charge in [-0.05, 0) is 47.5 Å². The van der Waals surface area contributed by atoms with Gasteiger partial charge in [-0.15, -0.1) is 0 Å². The predicted molar refractivity (Wildman–Crippen MR) is 181 cm³/mol. The summed E-state index contributed by atoms with van der Waals surface area (Å²) in [6.07, 6.45) is -4.12. The van der Waals surface area contributed by atoms with Crippen LogP contribution < -0.4 is 18.9 Å². The third-order valence-corrected chi connectivity index (χ3v) is 7.61. The number of hydrogen-bond donors (Lipinski definition) is 0. The molecule has 20 heteroatoms. The van der Waals surface area contributed by atoms with Crippen molar-refractivity contribution in [2.75, 3.05) is 28.4 Å². The highest BCUT2D eigenvalue weighted by Gasteiger charge is 2.63. The predicted octanol–water partition coefficient (Wildman–Crippen LogP) is 4.00. The number of methoxy groups -OCH3 is 4. The Morgan fingerprint density at radius 2 is 1.09 bits per heavy atom. The maximum absolute atomic E-state index is 13.1. The summed E-state index contributed by atoms with van der Waals surface area (Å²) < 4.78 is 59.7. The van der Waals surface area contributed by atoms with Crippen LogP contribution in [0.3, 0.4) is 0 Å². The Kier molecular flexibility index (Phi) is 13.7. The molecule has 296 valence electrons. The van der Waals surface area contributed by atoms with Gasteiger partial charge in [0.15, 0.2) is 29.1 Å². The molecule has 0 aromatic heterocycles. The summed E-state index contributed by atoms with van der Waals surface area (Å²) in [5.74, 6) is -4.96.